The minimum Gasteiger partial charge on any atom is -0.550 e. The van der Waals surface area contributed by atoms with Crippen LogP contribution in [0.1, 0.15) is 11.1 Å². The molecule has 1 aromatic carbocycles. The summed E-state index contributed by atoms with van der Waals surface area (Å²) in [7, 11) is 1.29. The van der Waals surface area contributed by atoms with E-state index in [9.17, 15) is 14.3 Å². The van der Waals surface area contributed by atoms with Gasteiger partial charge in [-0.2, -0.15) is 5.26 Å². The van der Waals surface area contributed by atoms with E-state index in [1.807, 2.05) is 0 Å². The summed E-state index contributed by atoms with van der Waals surface area (Å²) in [6.07, 6.45) is -0.621. The third-order valence-electron chi connectivity index (χ3n) is 1.86. The number of carboxylic acid groups (broad SMARTS) is 1. The molecule has 4 nitrogen and oxygen atoms in total. The third kappa shape index (κ3) is 2.23. The number of ether oxygens (including phenoxy) is 1. The van der Waals surface area contributed by atoms with Crippen molar-refractivity contribution in [2.75, 3.05) is 7.11 Å². The molecule has 0 atom stereocenters. The van der Waals surface area contributed by atoms with E-state index in [-0.39, 0.29) is 16.9 Å². The average Bonchev–Trinajstić information content (AvgIpc) is 2.20. The minimum atomic E-state index is -1.43. The van der Waals surface area contributed by atoms with Gasteiger partial charge in [0.15, 0.2) is 0 Å². The number of carboxylic acids is 1. The molecule has 0 aliphatic carbocycles. The molecule has 0 amide bonds. The Morgan fingerprint density at radius 3 is 2.80 bits per heavy atom. The number of halogens is 1. The molecule has 0 aromatic heterocycles. The Balaban J connectivity index is 3.30. The fraction of sp³-hybridized carbons (Fsp3) is 0.200. The van der Waals surface area contributed by atoms with Crippen LogP contribution in [0.2, 0.25) is 0 Å². The normalized spacial score (nSPS) is 9.40. The van der Waals surface area contributed by atoms with Crippen molar-refractivity contribution in [3.05, 3.63) is 29.1 Å². The van der Waals surface area contributed by atoms with Crippen molar-refractivity contribution >= 4 is 5.97 Å². The van der Waals surface area contributed by atoms with Gasteiger partial charge >= 0.3 is 0 Å². The Bertz CT molecular complexity index is 437. The lowest BCUT2D eigenvalue weighted by Gasteiger charge is -2.10. The minimum absolute atomic E-state index is 0.0932. The monoisotopic (exact) mass is 208 g/mol. The number of hydrogen-bond donors (Lipinski definition) is 0. The topological polar surface area (TPSA) is 73.1 Å². The van der Waals surface area contributed by atoms with Crippen LogP contribution >= 0.6 is 0 Å². The van der Waals surface area contributed by atoms with Crippen molar-refractivity contribution in [1.82, 2.24) is 0 Å². The van der Waals surface area contributed by atoms with Crippen LogP contribution in [-0.4, -0.2) is 13.1 Å². The molecule has 0 fully saturated rings. The molecule has 15 heavy (non-hydrogen) atoms. The van der Waals surface area contributed by atoms with Crippen molar-refractivity contribution in [1.29, 1.82) is 5.26 Å². The van der Waals surface area contributed by atoms with Gasteiger partial charge < -0.3 is 14.6 Å². The first-order chi connectivity index (χ1) is 7.10. The van der Waals surface area contributed by atoms with Crippen LogP contribution in [0, 0.1) is 17.1 Å². The van der Waals surface area contributed by atoms with Gasteiger partial charge in [0.2, 0.25) is 0 Å². The predicted octanol–water partition coefficient (Wildman–Crippen LogP) is -0.00162. The number of nitrogens with zero attached hydrogens (tertiary/aromatic N) is 1. The molecule has 0 spiro atoms. The Hall–Kier alpha value is -2.09. The smallest absolute Gasteiger partial charge is 0.148 e. The molecular weight excluding hydrogens is 201 g/mol. The third-order valence-corrected chi connectivity index (χ3v) is 1.86. The number of carbonyl (C=O) groups is 1. The van der Waals surface area contributed by atoms with Crippen LogP contribution in [-0.2, 0) is 11.2 Å². The molecule has 0 unspecified atom stereocenters. The number of aliphatic carboxylic acids is 1. The summed E-state index contributed by atoms with van der Waals surface area (Å²) in [5.41, 5.74) is -0.386. The Labute approximate surface area is 85.5 Å². The largest absolute Gasteiger partial charge is 0.550 e. The van der Waals surface area contributed by atoms with Crippen LogP contribution in [0.4, 0.5) is 4.39 Å². The SMILES string of the molecule is COc1ccc(C#N)c(F)c1CC(=O)[O-]. The quantitative estimate of drug-likeness (QED) is 0.700. The zero-order valence-electron chi connectivity index (χ0n) is 7.91. The molecule has 0 heterocycles. The summed E-state index contributed by atoms with van der Waals surface area (Å²) in [6, 6.07) is 4.19. The second-order valence-corrected chi connectivity index (χ2v) is 2.77. The van der Waals surface area contributed by atoms with E-state index in [1.54, 1.807) is 6.07 Å². The van der Waals surface area contributed by atoms with Crippen LogP contribution in [0.3, 0.4) is 0 Å². The highest BCUT2D eigenvalue weighted by Crippen LogP contribution is 2.24. The lowest BCUT2D eigenvalue weighted by atomic mass is 10.1. The zero-order valence-corrected chi connectivity index (χ0v) is 7.91. The predicted molar refractivity (Wildman–Crippen MR) is 46.4 cm³/mol. The maximum absolute atomic E-state index is 13.5. The molecule has 5 heteroatoms. The molecule has 0 aliphatic rings. The second-order valence-electron chi connectivity index (χ2n) is 2.77. The molecule has 78 valence electrons. The zero-order chi connectivity index (χ0) is 11.4. The summed E-state index contributed by atoms with van der Waals surface area (Å²) < 4.78 is 18.3. The van der Waals surface area contributed by atoms with Gasteiger partial charge in [-0.05, 0) is 12.1 Å². The van der Waals surface area contributed by atoms with Gasteiger partial charge in [0.25, 0.3) is 0 Å². The van der Waals surface area contributed by atoms with Gasteiger partial charge in [-0.15, -0.1) is 0 Å². The van der Waals surface area contributed by atoms with E-state index in [0.29, 0.717) is 0 Å². The molecule has 0 N–H and O–H groups in total. The van der Waals surface area contributed by atoms with Crippen molar-refractivity contribution < 1.29 is 19.0 Å². The average molecular weight is 208 g/mol. The summed E-state index contributed by atoms with van der Waals surface area (Å²) in [6.45, 7) is 0. The number of carbonyl (C=O) groups excluding carboxylic acids is 1. The highest BCUT2D eigenvalue weighted by atomic mass is 19.1. The number of methoxy groups -OCH3 is 1. The first kappa shape index (κ1) is 11.0. The summed E-state index contributed by atoms with van der Waals surface area (Å²) in [5.74, 6) is -2.21. The van der Waals surface area contributed by atoms with Crippen LogP contribution in [0.25, 0.3) is 0 Å². The number of hydrogen-bond acceptors (Lipinski definition) is 4. The van der Waals surface area contributed by atoms with Crippen LogP contribution in [0.5, 0.6) is 5.75 Å². The molecule has 0 radical (unpaired) electrons. The maximum Gasteiger partial charge on any atom is 0.148 e. The highest BCUT2D eigenvalue weighted by Gasteiger charge is 2.13. The molecule has 1 rings (SSSR count). The summed E-state index contributed by atoms with van der Waals surface area (Å²) in [5, 5.41) is 18.9. The lowest BCUT2D eigenvalue weighted by molar-refractivity contribution is -0.304. The van der Waals surface area contributed by atoms with Gasteiger partial charge in [0.05, 0.1) is 12.7 Å². The fourth-order valence-electron chi connectivity index (χ4n) is 1.19. The van der Waals surface area contributed by atoms with Gasteiger partial charge in [-0.3, -0.25) is 0 Å². The summed E-state index contributed by atoms with van der Waals surface area (Å²) >= 11 is 0. The van der Waals surface area contributed by atoms with E-state index in [1.165, 1.54) is 19.2 Å². The lowest BCUT2D eigenvalue weighted by Crippen LogP contribution is -2.25. The van der Waals surface area contributed by atoms with Crippen molar-refractivity contribution in [2.45, 2.75) is 6.42 Å². The Morgan fingerprint density at radius 2 is 2.33 bits per heavy atom. The molecule has 0 aliphatic heterocycles. The van der Waals surface area contributed by atoms with Gasteiger partial charge in [-0.25, -0.2) is 4.39 Å². The summed E-state index contributed by atoms with van der Waals surface area (Å²) in [4.78, 5) is 10.4. The van der Waals surface area contributed by atoms with E-state index in [2.05, 4.69) is 0 Å². The van der Waals surface area contributed by atoms with Crippen molar-refractivity contribution in [3.8, 4) is 11.8 Å². The van der Waals surface area contributed by atoms with E-state index in [4.69, 9.17) is 10.00 Å². The number of nitriles is 1. The van der Waals surface area contributed by atoms with E-state index in [0.717, 1.165) is 0 Å². The Kier molecular flexibility index (Phi) is 3.24. The van der Waals surface area contributed by atoms with Gasteiger partial charge in [-0.1, -0.05) is 0 Å². The highest BCUT2D eigenvalue weighted by molar-refractivity contribution is 5.69. The van der Waals surface area contributed by atoms with Crippen LogP contribution in [0.15, 0.2) is 12.1 Å². The van der Waals surface area contributed by atoms with E-state index >= 15 is 0 Å². The molecule has 0 bridgehead atoms. The maximum atomic E-state index is 13.5. The Morgan fingerprint density at radius 1 is 1.67 bits per heavy atom. The van der Waals surface area contributed by atoms with Crippen molar-refractivity contribution in [3.63, 3.8) is 0 Å². The molecule has 0 saturated carbocycles. The van der Waals surface area contributed by atoms with Crippen LogP contribution < -0.4 is 9.84 Å². The molecular formula is C10H7FNO3-. The van der Waals surface area contributed by atoms with E-state index < -0.39 is 18.2 Å². The number of rotatable bonds is 3. The standard InChI is InChI=1S/C10H8FNO3/c1-15-8-3-2-6(5-12)10(11)7(8)4-9(13)14/h2-3H,4H2,1H3,(H,13,14)/p-1. The number of benzene rings is 1. The van der Waals surface area contributed by atoms with Gasteiger partial charge in [0.1, 0.15) is 17.6 Å². The second kappa shape index (κ2) is 4.42. The fourth-order valence-corrected chi connectivity index (χ4v) is 1.19. The molecule has 0 saturated heterocycles. The van der Waals surface area contributed by atoms with Crippen molar-refractivity contribution in [2.24, 2.45) is 0 Å². The first-order valence-electron chi connectivity index (χ1n) is 4.05. The first-order valence-corrected chi connectivity index (χ1v) is 4.05. The molecule has 1 aromatic rings. The van der Waals surface area contributed by atoms with Gasteiger partial charge in [0, 0.05) is 18.0 Å².